The molecule has 8 heteroatoms. The molecule has 0 aliphatic carbocycles. The Morgan fingerprint density at radius 2 is 1.76 bits per heavy atom. The van der Waals surface area contributed by atoms with Crippen LogP contribution < -0.4 is 10.2 Å². The first-order valence-corrected chi connectivity index (χ1v) is 13.0. The van der Waals surface area contributed by atoms with E-state index in [1.54, 1.807) is 9.69 Å². The molecule has 0 bridgehead atoms. The van der Waals surface area contributed by atoms with Crippen LogP contribution in [0.15, 0.2) is 54.9 Å². The van der Waals surface area contributed by atoms with E-state index in [4.69, 9.17) is 0 Å². The van der Waals surface area contributed by atoms with Gasteiger partial charge in [-0.2, -0.15) is 5.10 Å². The Balaban J connectivity index is 1.50. The van der Waals surface area contributed by atoms with Crippen LogP contribution in [0.1, 0.15) is 42.9 Å². The Morgan fingerprint density at radius 3 is 2.38 bits per heavy atom. The topological polar surface area (TPSA) is 73.7 Å². The zero-order chi connectivity index (χ0) is 26.4. The van der Waals surface area contributed by atoms with Crippen LogP contribution in [0.2, 0.25) is 0 Å². The lowest BCUT2D eigenvalue weighted by Crippen LogP contribution is -2.48. The van der Waals surface area contributed by atoms with Crippen molar-refractivity contribution in [2.75, 3.05) is 31.6 Å². The van der Waals surface area contributed by atoms with E-state index < -0.39 is 0 Å². The monoisotopic (exact) mass is 502 g/mol. The molecule has 0 fully saturated rings. The third-order valence-electron chi connectivity index (χ3n) is 6.95. The van der Waals surface area contributed by atoms with Crippen molar-refractivity contribution in [3.05, 3.63) is 71.5 Å². The summed E-state index contributed by atoms with van der Waals surface area (Å²) in [6, 6.07) is 14.4. The number of nitrogens with one attached hydrogen (secondary N) is 1. The standard InChI is InChI=1S/C29H38N6O2/c1-5-6-9-14-30-28(36)20-34(27-13-12-23(15-22(27)2)26-16-31-32(3)17-26)21-29(37)33(4)35-18-24-10-7-8-11-25(24)19-35/h7-8,10-13,15-17H,5-6,9,14,18-21H2,1-4H3,(H,30,36). The zero-order valence-electron chi connectivity index (χ0n) is 22.4. The number of benzene rings is 2. The van der Waals surface area contributed by atoms with E-state index in [2.05, 4.69) is 35.5 Å². The van der Waals surface area contributed by atoms with Gasteiger partial charge in [0.2, 0.25) is 5.91 Å². The minimum absolute atomic E-state index is 0.0534. The summed E-state index contributed by atoms with van der Waals surface area (Å²) in [5.41, 5.74) is 6.45. The Hall–Kier alpha value is -3.65. The summed E-state index contributed by atoms with van der Waals surface area (Å²) in [6.07, 6.45) is 6.95. The Bertz CT molecular complexity index is 1210. The van der Waals surface area contributed by atoms with Crippen LogP contribution in [-0.2, 0) is 29.7 Å². The van der Waals surface area contributed by atoms with Gasteiger partial charge in [0.1, 0.15) is 0 Å². The second kappa shape index (κ2) is 12.1. The molecule has 1 aromatic heterocycles. The summed E-state index contributed by atoms with van der Waals surface area (Å²) in [6.45, 7) is 6.45. The molecule has 37 heavy (non-hydrogen) atoms. The number of hydrogen-bond donors (Lipinski definition) is 1. The smallest absolute Gasteiger partial charge is 0.256 e. The van der Waals surface area contributed by atoms with Crippen molar-refractivity contribution >= 4 is 17.5 Å². The van der Waals surface area contributed by atoms with Gasteiger partial charge in [0, 0.05) is 51.2 Å². The largest absolute Gasteiger partial charge is 0.355 e. The molecule has 0 radical (unpaired) electrons. The number of aromatic nitrogens is 2. The van der Waals surface area contributed by atoms with Crippen LogP contribution in [0.5, 0.6) is 0 Å². The molecule has 2 amide bonds. The van der Waals surface area contributed by atoms with Gasteiger partial charge in [-0.1, -0.05) is 50.1 Å². The van der Waals surface area contributed by atoms with Crippen LogP contribution in [0.25, 0.3) is 11.1 Å². The maximum absolute atomic E-state index is 13.4. The minimum Gasteiger partial charge on any atom is -0.355 e. The first-order valence-electron chi connectivity index (χ1n) is 13.0. The number of unbranched alkanes of at least 4 members (excludes halogenated alkanes) is 2. The third-order valence-corrected chi connectivity index (χ3v) is 6.95. The van der Waals surface area contributed by atoms with Gasteiger partial charge in [-0.25, -0.2) is 5.01 Å². The number of nitrogens with zero attached hydrogens (tertiary/aromatic N) is 5. The molecular formula is C29H38N6O2. The molecule has 8 nitrogen and oxygen atoms in total. The first kappa shape index (κ1) is 26.4. The highest BCUT2D eigenvalue weighted by Gasteiger charge is 2.27. The van der Waals surface area contributed by atoms with E-state index in [-0.39, 0.29) is 24.9 Å². The van der Waals surface area contributed by atoms with Gasteiger partial charge >= 0.3 is 0 Å². The maximum Gasteiger partial charge on any atom is 0.256 e. The summed E-state index contributed by atoms with van der Waals surface area (Å²) in [5, 5.41) is 11.0. The number of likely N-dealkylation sites (N-methyl/N-ethyl adjacent to an activating group) is 1. The summed E-state index contributed by atoms with van der Waals surface area (Å²) in [7, 11) is 3.71. The second-order valence-electron chi connectivity index (χ2n) is 9.83. The van der Waals surface area contributed by atoms with E-state index in [1.165, 1.54) is 11.1 Å². The highest BCUT2D eigenvalue weighted by Crippen LogP contribution is 2.28. The number of carbonyl (C=O) groups is 2. The Morgan fingerprint density at radius 1 is 1.03 bits per heavy atom. The quantitative estimate of drug-likeness (QED) is 0.403. The third kappa shape index (κ3) is 6.57. The normalized spacial score (nSPS) is 12.9. The molecule has 0 spiro atoms. The molecule has 3 aromatic rings. The number of hydrazine groups is 1. The van der Waals surface area contributed by atoms with Gasteiger partial charge < -0.3 is 10.2 Å². The van der Waals surface area contributed by atoms with Crippen molar-refractivity contribution in [1.82, 2.24) is 25.1 Å². The number of fused-ring (bicyclic) bond motifs is 1. The fourth-order valence-corrected chi connectivity index (χ4v) is 4.77. The van der Waals surface area contributed by atoms with Gasteiger partial charge in [0.15, 0.2) is 0 Å². The van der Waals surface area contributed by atoms with Crippen molar-refractivity contribution in [3.8, 4) is 11.1 Å². The molecule has 4 rings (SSSR count). The van der Waals surface area contributed by atoms with Gasteiger partial charge in [-0.15, -0.1) is 0 Å². The van der Waals surface area contributed by atoms with Crippen molar-refractivity contribution < 1.29 is 9.59 Å². The van der Waals surface area contributed by atoms with E-state index in [1.807, 2.05) is 67.6 Å². The van der Waals surface area contributed by atoms with Crippen molar-refractivity contribution in [1.29, 1.82) is 0 Å². The highest BCUT2D eigenvalue weighted by atomic mass is 16.2. The minimum atomic E-state index is -0.0733. The number of aryl methyl sites for hydroxylation is 2. The summed E-state index contributed by atoms with van der Waals surface area (Å²) in [4.78, 5) is 28.2. The average Bonchev–Trinajstić information content (AvgIpc) is 3.52. The molecule has 2 aromatic carbocycles. The average molecular weight is 503 g/mol. The lowest BCUT2D eigenvalue weighted by molar-refractivity contribution is -0.145. The Labute approximate surface area is 219 Å². The second-order valence-corrected chi connectivity index (χ2v) is 9.83. The molecular weight excluding hydrogens is 464 g/mol. The predicted molar refractivity (Wildman–Crippen MR) is 147 cm³/mol. The lowest BCUT2D eigenvalue weighted by Gasteiger charge is -2.32. The van der Waals surface area contributed by atoms with Crippen LogP contribution in [0, 0.1) is 6.92 Å². The van der Waals surface area contributed by atoms with Crippen molar-refractivity contribution in [2.24, 2.45) is 7.05 Å². The van der Waals surface area contributed by atoms with E-state index in [0.717, 1.165) is 41.6 Å². The molecule has 0 saturated heterocycles. The van der Waals surface area contributed by atoms with Crippen LogP contribution in [-0.4, -0.2) is 58.3 Å². The molecule has 1 N–H and O–H groups in total. The number of anilines is 1. The molecule has 196 valence electrons. The molecule has 1 aliphatic heterocycles. The molecule has 2 heterocycles. The molecule has 0 saturated carbocycles. The summed E-state index contributed by atoms with van der Waals surface area (Å²) in [5.74, 6) is -0.127. The molecule has 0 unspecified atom stereocenters. The van der Waals surface area contributed by atoms with Crippen LogP contribution >= 0.6 is 0 Å². The van der Waals surface area contributed by atoms with Crippen molar-refractivity contribution in [2.45, 2.75) is 46.2 Å². The SMILES string of the molecule is CCCCCNC(=O)CN(CC(=O)N(C)N1Cc2ccccc2C1)c1ccc(-c2cnn(C)c2)cc1C. The van der Waals surface area contributed by atoms with E-state index >= 15 is 0 Å². The number of hydrogen-bond acceptors (Lipinski definition) is 5. The number of rotatable bonds is 11. The van der Waals surface area contributed by atoms with E-state index in [0.29, 0.717) is 19.6 Å². The van der Waals surface area contributed by atoms with Gasteiger partial charge in [-0.3, -0.25) is 19.3 Å². The first-order chi connectivity index (χ1) is 17.9. The molecule has 0 atom stereocenters. The maximum atomic E-state index is 13.4. The van der Waals surface area contributed by atoms with Gasteiger partial charge in [0.05, 0.1) is 19.3 Å². The van der Waals surface area contributed by atoms with Gasteiger partial charge in [-0.05, 0) is 47.7 Å². The zero-order valence-corrected chi connectivity index (χ0v) is 22.4. The van der Waals surface area contributed by atoms with Gasteiger partial charge in [0.25, 0.3) is 5.91 Å². The lowest BCUT2D eigenvalue weighted by atomic mass is 10.0. The Kier molecular flexibility index (Phi) is 8.61. The van der Waals surface area contributed by atoms with Crippen molar-refractivity contribution in [3.63, 3.8) is 0 Å². The number of amides is 2. The van der Waals surface area contributed by atoms with E-state index in [9.17, 15) is 9.59 Å². The fraction of sp³-hybridized carbons (Fsp3) is 0.414. The predicted octanol–water partition coefficient (Wildman–Crippen LogP) is 3.90. The molecule has 1 aliphatic rings. The highest BCUT2D eigenvalue weighted by molar-refractivity contribution is 5.87. The van der Waals surface area contributed by atoms with Crippen LogP contribution in [0.4, 0.5) is 5.69 Å². The number of carbonyl (C=O) groups excluding carboxylic acids is 2. The van der Waals surface area contributed by atoms with Crippen LogP contribution in [0.3, 0.4) is 0 Å². The fourth-order valence-electron chi connectivity index (χ4n) is 4.77. The summed E-state index contributed by atoms with van der Waals surface area (Å²) >= 11 is 0. The summed E-state index contributed by atoms with van der Waals surface area (Å²) < 4.78 is 1.78.